The lowest BCUT2D eigenvalue weighted by molar-refractivity contribution is -0.346. The number of aromatic nitrogens is 3. The number of methoxy groups -OCH3 is 1. The van der Waals surface area contributed by atoms with E-state index in [1.165, 1.54) is 18.4 Å². The number of hydrogen-bond donors (Lipinski definition) is 0. The van der Waals surface area contributed by atoms with E-state index >= 15 is 0 Å². The van der Waals surface area contributed by atoms with Crippen LogP contribution in [0.4, 0.5) is 13.2 Å². The van der Waals surface area contributed by atoms with Crippen molar-refractivity contribution >= 4 is 39.1 Å². The van der Waals surface area contributed by atoms with Crippen LogP contribution in [0.2, 0.25) is 5.02 Å². The van der Waals surface area contributed by atoms with Crippen LogP contribution in [0.3, 0.4) is 0 Å². The molecule has 4 aromatic rings. The second-order valence-corrected chi connectivity index (χ2v) is 13.0. The molecule has 1 aromatic carbocycles. The Morgan fingerprint density at radius 2 is 1.91 bits per heavy atom. The molecule has 6 rings (SSSR count). The summed E-state index contributed by atoms with van der Waals surface area (Å²) in [6.07, 6.45) is -4.30. The van der Waals surface area contributed by atoms with Crippen LogP contribution < -0.4 is 10.3 Å². The molecule has 0 saturated carbocycles. The predicted octanol–water partition coefficient (Wildman–Crippen LogP) is 6.51. The highest BCUT2D eigenvalue weighted by molar-refractivity contribution is 7.18. The maximum atomic E-state index is 13.8. The van der Waals surface area contributed by atoms with Gasteiger partial charge in [-0.2, -0.15) is 0 Å². The van der Waals surface area contributed by atoms with Crippen molar-refractivity contribution in [1.29, 1.82) is 0 Å². The standard InChI is InChI=1S/C33H34ClF3N4O5S/c1-18-14-24(30-29(38-18)26(17-47-30)32(43)44-3)23-15-20(34)4-7-28(23)45-13-12-41-19(2)39-27-6-5-21(16-25(27)31(41)42)40-10-8-22(9-11-40)46-33(35,36)37/h4,7,14-15,17,21-22H,5-6,8-13,16H2,1-3H3/i21D. The van der Waals surface area contributed by atoms with Gasteiger partial charge in [-0.3, -0.25) is 24.0 Å². The van der Waals surface area contributed by atoms with Crippen LogP contribution in [-0.2, 0) is 28.9 Å². The largest absolute Gasteiger partial charge is 0.522 e. The molecule has 3 aromatic heterocycles. The van der Waals surface area contributed by atoms with Gasteiger partial charge in [0.05, 0.1) is 41.2 Å². The normalized spacial score (nSPS) is 19.4. The van der Waals surface area contributed by atoms with E-state index < -0.39 is 24.5 Å². The summed E-state index contributed by atoms with van der Waals surface area (Å²) in [5.41, 5.74) is 3.96. The van der Waals surface area contributed by atoms with Crippen molar-refractivity contribution in [2.45, 2.75) is 71.0 Å². The number of nitrogens with zero attached hydrogens (tertiary/aromatic N) is 4. The monoisotopic (exact) mass is 691 g/mol. The summed E-state index contributed by atoms with van der Waals surface area (Å²) >= 11 is 7.79. The lowest BCUT2D eigenvalue weighted by atomic mass is 9.90. The molecular formula is C33H34ClF3N4O5S. The zero-order valence-electron chi connectivity index (χ0n) is 27.1. The molecule has 0 amide bonds. The number of thiophene rings is 1. The lowest BCUT2D eigenvalue weighted by Crippen LogP contribution is -2.48. The Balaban J connectivity index is 1.21. The summed E-state index contributed by atoms with van der Waals surface area (Å²) in [5.74, 6) is 0.579. The Labute approximate surface area is 279 Å². The average molecular weight is 692 g/mol. The number of esters is 1. The van der Waals surface area contributed by atoms with E-state index in [9.17, 15) is 24.1 Å². The third-order valence-electron chi connectivity index (χ3n) is 8.62. The highest BCUT2D eigenvalue weighted by Gasteiger charge is 2.37. The zero-order valence-corrected chi connectivity index (χ0v) is 27.7. The number of aryl methyl sites for hydroxylation is 3. The Morgan fingerprint density at radius 1 is 1.15 bits per heavy atom. The number of hydrogen-bond acceptors (Lipinski definition) is 9. The van der Waals surface area contributed by atoms with Gasteiger partial charge in [0.15, 0.2) is 0 Å². The molecule has 0 radical (unpaired) electrons. The summed E-state index contributed by atoms with van der Waals surface area (Å²) in [4.78, 5) is 37.3. The molecule has 2 aliphatic rings. The molecule has 47 heavy (non-hydrogen) atoms. The lowest BCUT2D eigenvalue weighted by Gasteiger charge is -2.39. The van der Waals surface area contributed by atoms with Crippen LogP contribution in [-0.4, -0.2) is 70.7 Å². The molecule has 1 atom stereocenters. The number of pyridine rings is 1. The number of likely N-dealkylation sites (tertiary alicyclic amines) is 1. The number of ether oxygens (including phenoxy) is 3. The van der Waals surface area contributed by atoms with Gasteiger partial charge < -0.3 is 9.47 Å². The van der Waals surface area contributed by atoms with Crippen LogP contribution in [0.15, 0.2) is 34.4 Å². The molecular weight excluding hydrogens is 657 g/mol. The van der Waals surface area contributed by atoms with Crippen molar-refractivity contribution in [3.05, 3.63) is 73.4 Å². The van der Waals surface area contributed by atoms with E-state index in [1.807, 2.05) is 17.9 Å². The minimum atomic E-state index is -4.69. The molecule has 250 valence electrons. The molecule has 1 fully saturated rings. The quantitative estimate of drug-likeness (QED) is 0.193. The van der Waals surface area contributed by atoms with Gasteiger partial charge in [-0.1, -0.05) is 11.6 Å². The molecule has 0 bridgehead atoms. The first-order valence-electron chi connectivity index (χ1n) is 15.7. The molecule has 9 nitrogen and oxygen atoms in total. The van der Waals surface area contributed by atoms with Crippen LogP contribution in [0.1, 0.15) is 53.8 Å². The van der Waals surface area contributed by atoms with Gasteiger partial charge in [0, 0.05) is 53.3 Å². The molecule has 1 aliphatic heterocycles. The van der Waals surface area contributed by atoms with Gasteiger partial charge in [-0.25, -0.2) is 9.78 Å². The number of halogens is 4. The van der Waals surface area contributed by atoms with Gasteiger partial charge in [0.1, 0.15) is 18.2 Å². The number of benzene rings is 1. The first-order valence-corrected chi connectivity index (χ1v) is 16.5. The van der Waals surface area contributed by atoms with Crippen LogP contribution in [0, 0.1) is 13.8 Å². The van der Waals surface area contributed by atoms with Gasteiger partial charge >= 0.3 is 12.3 Å². The van der Waals surface area contributed by atoms with E-state index in [0.717, 1.165) is 10.3 Å². The summed E-state index contributed by atoms with van der Waals surface area (Å²) in [6, 6.07) is 6.03. The Bertz CT molecular complexity index is 1930. The van der Waals surface area contributed by atoms with Crippen molar-refractivity contribution < 1.29 is 33.5 Å². The predicted molar refractivity (Wildman–Crippen MR) is 172 cm³/mol. The van der Waals surface area contributed by atoms with E-state index in [2.05, 4.69) is 9.72 Å². The fourth-order valence-electron chi connectivity index (χ4n) is 6.39. The van der Waals surface area contributed by atoms with E-state index in [-0.39, 0.29) is 51.1 Å². The van der Waals surface area contributed by atoms with Crippen LogP contribution >= 0.6 is 22.9 Å². The van der Waals surface area contributed by atoms with E-state index in [0.29, 0.717) is 63.0 Å². The maximum absolute atomic E-state index is 13.8. The first kappa shape index (κ1) is 32.0. The molecule has 4 heterocycles. The molecule has 0 N–H and O–H groups in total. The minimum absolute atomic E-state index is 0.125. The summed E-state index contributed by atoms with van der Waals surface area (Å²) in [7, 11) is 1.32. The fourth-order valence-corrected chi connectivity index (χ4v) is 7.56. The third-order valence-corrected chi connectivity index (χ3v) is 9.86. The zero-order chi connectivity index (χ0) is 34.4. The molecule has 14 heteroatoms. The Morgan fingerprint density at radius 3 is 2.64 bits per heavy atom. The number of alkyl halides is 3. The summed E-state index contributed by atoms with van der Waals surface area (Å²) in [5, 5.41) is 2.21. The third kappa shape index (κ3) is 7.18. The number of fused-ring (bicyclic) bond motifs is 2. The van der Waals surface area contributed by atoms with Crippen molar-refractivity contribution in [3.63, 3.8) is 0 Å². The van der Waals surface area contributed by atoms with Crippen molar-refractivity contribution in [3.8, 4) is 16.9 Å². The number of piperidine rings is 1. The number of rotatable bonds is 8. The SMILES string of the molecule is [2H]C1(N2CCC(OC(F)(F)F)CC2)CCc2nc(C)n(CCOc3ccc(Cl)cc3-c3cc(C)nc4c(C(=O)OC)csc34)c(=O)c2C1. The van der Waals surface area contributed by atoms with E-state index in [1.54, 1.807) is 35.1 Å². The highest BCUT2D eigenvalue weighted by Crippen LogP contribution is 2.40. The van der Waals surface area contributed by atoms with Crippen LogP contribution in [0.25, 0.3) is 21.3 Å². The molecule has 1 aliphatic carbocycles. The fraction of sp³-hybridized carbons (Fsp3) is 0.455. The van der Waals surface area contributed by atoms with Gasteiger partial charge in [0.2, 0.25) is 0 Å². The van der Waals surface area contributed by atoms with Crippen LogP contribution in [0.5, 0.6) is 5.75 Å². The topological polar surface area (TPSA) is 95.8 Å². The molecule has 1 saturated heterocycles. The summed E-state index contributed by atoms with van der Waals surface area (Å²) in [6.45, 7) is 4.47. The number of carbonyl (C=O) groups excluding carboxylic acids is 1. The van der Waals surface area contributed by atoms with Gasteiger partial charge in [0.25, 0.3) is 5.56 Å². The van der Waals surface area contributed by atoms with Gasteiger partial charge in [-0.05, 0) is 70.2 Å². The maximum Gasteiger partial charge on any atom is 0.522 e. The first-order chi connectivity index (χ1) is 22.8. The smallest absolute Gasteiger partial charge is 0.491 e. The Hall–Kier alpha value is -3.52. The van der Waals surface area contributed by atoms with Crippen molar-refractivity contribution in [2.75, 3.05) is 26.8 Å². The van der Waals surface area contributed by atoms with Crippen molar-refractivity contribution in [1.82, 2.24) is 19.4 Å². The highest BCUT2D eigenvalue weighted by atomic mass is 35.5. The number of carbonyl (C=O) groups is 1. The van der Waals surface area contributed by atoms with Crippen molar-refractivity contribution in [2.24, 2.45) is 0 Å². The Kier molecular flexibility index (Phi) is 9.23. The average Bonchev–Trinajstić information content (AvgIpc) is 3.46. The second kappa shape index (κ2) is 13.5. The molecule has 1 unspecified atom stereocenters. The summed E-state index contributed by atoms with van der Waals surface area (Å²) < 4.78 is 65.1. The van der Waals surface area contributed by atoms with Gasteiger partial charge in [-0.15, -0.1) is 24.5 Å². The second-order valence-electron chi connectivity index (χ2n) is 11.7. The van der Waals surface area contributed by atoms with E-state index in [4.69, 9.17) is 26.1 Å². The molecule has 0 spiro atoms. The minimum Gasteiger partial charge on any atom is -0.491 e.